The highest BCUT2D eigenvalue weighted by molar-refractivity contribution is 5.92. The SMILES string of the molecule is CC(O)c1cccc(NC(=O)Cc2ccc(F)cc2)c1. The molecule has 0 aliphatic rings. The van der Waals surface area contributed by atoms with E-state index < -0.39 is 6.10 Å². The van der Waals surface area contributed by atoms with Gasteiger partial charge in [-0.1, -0.05) is 24.3 Å². The number of aliphatic hydroxyl groups excluding tert-OH is 1. The summed E-state index contributed by atoms with van der Waals surface area (Å²) in [4.78, 5) is 11.9. The van der Waals surface area contributed by atoms with Gasteiger partial charge in [-0.3, -0.25) is 4.79 Å². The molecule has 0 radical (unpaired) electrons. The molecule has 1 atom stereocenters. The van der Waals surface area contributed by atoms with Crippen LogP contribution >= 0.6 is 0 Å². The molecule has 0 fully saturated rings. The Morgan fingerprint density at radius 3 is 2.60 bits per heavy atom. The largest absolute Gasteiger partial charge is 0.389 e. The molecule has 0 aliphatic heterocycles. The van der Waals surface area contributed by atoms with Crippen molar-refractivity contribution in [3.05, 3.63) is 65.5 Å². The number of halogens is 1. The fourth-order valence-corrected chi connectivity index (χ4v) is 1.87. The van der Waals surface area contributed by atoms with E-state index in [1.807, 2.05) is 0 Å². The molecule has 2 aromatic carbocycles. The molecule has 1 amide bonds. The number of amides is 1. The van der Waals surface area contributed by atoms with Crippen LogP contribution in [0.25, 0.3) is 0 Å². The number of carbonyl (C=O) groups is 1. The first kappa shape index (κ1) is 14.2. The van der Waals surface area contributed by atoms with Crippen LogP contribution in [-0.4, -0.2) is 11.0 Å². The summed E-state index contributed by atoms with van der Waals surface area (Å²) in [6.07, 6.45) is -0.400. The molecule has 2 N–H and O–H groups in total. The zero-order valence-corrected chi connectivity index (χ0v) is 11.1. The van der Waals surface area contributed by atoms with Crippen LogP contribution in [0.4, 0.5) is 10.1 Å². The first-order chi connectivity index (χ1) is 9.54. The topological polar surface area (TPSA) is 49.3 Å². The average Bonchev–Trinajstić information content (AvgIpc) is 2.41. The Bertz CT molecular complexity index is 594. The number of benzene rings is 2. The van der Waals surface area contributed by atoms with Crippen LogP contribution in [0, 0.1) is 5.82 Å². The predicted octanol–water partition coefficient (Wildman–Crippen LogP) is 3.06. The highest BCUT2D eigenvalue weighted by Gasteiger charge is 2.06. The van der Waals surface area contributed by atoms with E-state index in [0.717, 1.165) is 11.1 Å². The molecule has 20 heavy (non-hydrogen) atoms. The lowest BCUT2D eigenvalue weighted by Crippen LogP contribution is -2.14. The van der Waals surface area contributed by atoms with Crippen LogP contribution in [0.3, 0.4) is 0 Å². The van der Waals surface area contributed by atoms with Crippen molar-refractivity contribution in [3.63, 3.8) is 0 Å². The van der Waals surface area contributed by atoms with Gasteiger partial charge < -0.3 is 10.4 Å². The lowest BCUT2D eigenvalue weighted by molar-refractivity contribution is -0.115. The molecule has 2 rings (SSSR count). The van der Waals surface area contributed by atoms with Crippen LogP contribution < -0.4 is 5.32 Å². The number of anilines is 1. The average molecular weight is 273 g/mol. The molecule has 0 spiro atoms. The van der Waals surface area contributed by atoms with Gasteiger partial charge in [-0.2, -0.15) is 0 Å². The second-order valence-electron chi connectivity index (χ2n) is 4.65. The Hall–Kier alpha value is -2.20. The van der Waals surface area contributed by atoms with Crippen molar-refractivity contribution in [1.29, 1.82) is 0 Å². The first-order valence-corrected chi connectivity index (χ1v) is 6.37. The summed E-state index contributed by atoms with van der Waals surface area (Å²) in [6.45, 7) is 1.67. The number of aliphatic hydroxyl groups is 1. The highest BCUT2D eigenvalue weighted by Crippen LogP contribution is 2.17. The van der Waals surface area contributed by atoms with E-state index in [0.29, 0.717) is 5.69 Å². The molecule has 0 bridgehead atoms. The van der Waals surface area contributed by atoms with E-state index in [9.17, 15) is 14.3 Å². The Kier molecular flexibility index (Phi) is 4.48. The van der Waals surface area contributed by atoms with Gasteiger partial charge in [0.15, 0.2) is 0 Å². The highest BCUT2D eigenvalue weighted by atomic mass is 19.1. The lowest BCUT2D eigenvalue weighted by atomic mass is 10.1. The molecular formula is C16H16FNO2. The third-order valence-corrected chi connectivity index (χ3v) is 2.93. The second-order valence-corrected chi connectivity index (χ2v) is 4.65. The van der Waals surface area contributed by atoms with E-state index in [1.165, 1.54) is 12.1 Å². The van der Waals surface area contributed by atoms with E-state index in [2.05, 4.69) is 5.32 Å². The van der Waals surface area contributed by atoms with Crippen LogP contribution in [0.15, 0.2) is 48.5 Å². The summed E-state index contributed by atoms with van der Waals surface area (Å²) in [5.74, 6) is -0.502. The molecule has 0 aliphatic carbocycles. The molecule has 0 heterocycles. The summed E-state index contributed by atoms with van der Waals surface area (Å²) in [5.41, 5.74) is 2.12. The van der Waals surface area contributed by atoms with Gasteiger partial charge in [0.25, 0.3) is 0 Å². The fourth-order valence-electron chi connectivity index (χ4n) is 1.87. The molecule has 3 nitrogen and oxygen atoms in total. The van der Waals surface area contributed by atoms with Gasteiger partial charge in [-0.05, 0) is 42.3 Å². The monoisotopic (exact) mass is 273 g/mol. The van der Waals surface area contributed by atoms with Crippen LogP contribution in [0.1, 0.15) is 24.2 Å². The zero-order valence-electron chi connectivity index (χ0n) is 11.1. The Labute approximate surface area is 117 Å². The lowest BCUT2D eigenvalue weighted by Gasteiger charge is -2.09. The summed E-state index contributed by atoms with van der Waals surface area (Å²) >= 11 is 0. The maximum Gasteiger partial charge on any atom is 0.228 e. The van der Waals surface area contributed by atoms with E-state index >= 15 is 0 Å². The second kappa shape index (κ2) is 6.30. The van der Waals surface area contributed by atoms with Crippen molar-refractivity contribution >= 4 is 11.6 Å². The van der Waals surface area contributed by atoms with Gasteiger partial charge in [0, 0.05) is 5.69 Å². The van der Waals surface area contributed by atoms with Crippen molar-refractivity contribution in [2.45, 2.75) is 19.4 Å². The molecule has 0 aromatic heterocycles. The van der Waals surface area contributed by atoms with Crippen LogP contribution in [0.2, 0.25) is 0 Å². The quantitative estimate of drug-likeness (QED) is 0.899. The van der Waals surface area contributed by atoms with Gasteiger partial charge in [0.05, 0.1) is 12.5 Å². The number of rotatable bonds is 4. The molecule has 1 unspecified atom stereocenters. The number of nitrogens with one attached hydrogen (secondary N) is 1. The Balaban J connectivity index is 2.01. The maximum absolute atomic E-state index is 12.8. The van der Waals surface area contributed by atoms with Gasteiger partial charge in [-0.15, -0.1) is 0 Å². The maximum atomic E-state index is 12.8. The van der Waals surface area contributed by atoms with Crippen LogP contribution in [0.5, 0.6) is 0 Å². The van der Waals surface area contributed by atoms with Gasteiger partial charge in [0.1, 0.15) is 5.82 Å². The first-order valence-electron chi connectivity index (χ1n) is 6.37. The standard InChI is InChI=1S/C16H16FNO2/c1-11(19)13-3-2-4-15(10-13)18-16(20)9-12-5-7-14(17)8-6-12/h2-8,10-11,19H,9H2,1H3,(H,18,20). The minimum Gasteiger partial charge on any atom is -0.389 e. The fraction of sp³-hybridized carbons (Fsp3) is 0.188. The molecule has 2 aromatic rings. The summed E-state index contributed by atoms with van der Waals surface area (Å²) in [5, 5.41) is 12.3. The van der Waals surface area contributed by atoms with Gasteiger partial charge >= 0.3 is 0 Å². The molecular weight excluding hydrogens is 257 g/mol. The van der Waals surface area contributed by atoms with E-state index in [-0.39, 0.29) is 18.1 Å². The van der Waals surface area contributed by atoms with E-state index in [4.69, 9.17) is 0 Å². The molecule has 104 valence electrons. The van der Waals surface area contributed by atoms with Crippen molar-refractivity contribution in [3.8, 4) is 0 Å². The summed E-state index contributed by atoms with van der Waals surface area (Å²) < 4.78 is 12.8. The van der Waals surface area contributed by atoms with Crippen molar-refractivity contribution in [1.82, 2.24) is 0 Å². The third-order valence-electron chi connectivity index (χ3n) is 2.93. The van der Waals surface area contributed by atoms with E-state index in [1.54, 1.807) is 43.3 Å². The molecule has 0 saturated carbocycles. The predicted molar refractivity (Wildman–Crippen MR) is 75.8 cm³/mol. The molecule has 0 saturated heterocycles. The number of carbonyl (C=O) groups excluding carboxylic acids is 1. The van der Waals surface area contributed by atoms with Crippen molar-refractivity contribution in [2.24, 2.45) is 0 Å². The third kappa shape index (κ3) is 3.90. The summed E-state index contributed by atoms with van der Waals surface area (Å²) in [7, 11) is 0. The number of hydrogen-bond acceptors (Lipinski definition) is 2. The summed E-state index contributed by atoms with van der Waals surface area (Å²) in [6, 6.07) is 12.9. The smallest absolute Gasteiger partial charge is 0.228 e. The normalized spacial score (nSPS) is 11.9. The minimum absolute atomic E-state index is 0.180. The number of hydrogen-bond donors (Lipinski definition) is 2. The Morgan fingerprint density at radius 1 is 1.25 bits per heavy atom. The van der Waals surface area contributed by atoms with Gasteiger partial charge in [0.2, 0.25) is 5.91 Å². The Morgan fingerprint density at radius 2 is 1.95 bits per heavy atom. The van der Waals surface area contributed by atoms with Crippen LogP contribution in [-0.2, 0) is 11.2 Å². The molecule has 4 heteroatoms. The van der Waals surface area contributed by atoms with Gasteiger partial charge in [-0.25, -0.2) is 4.39 Å². The minimum atomic E-state index is -0.580. The van der Waals surface area contributed by atoms with Crippen molar-refractivity contribution in [2.75, 3.05) is 5.32 Å². The zero-order chi connectivity index (χ0) is 14.5. The van der Waals surface area contributed by atoms with Crippen molar-refractivity contribution < 1.29 is 14.3 Å².